The second kappa shape index (κ2) is 7.66. The quantitative estimate of drug-likeness (QED) is 0.527. The SMILES string of the molecule is O=C(Nc1cnn(Cc2ccc(F)cc2)c1)c1cc(-c2ccc(Cl)cc2)n[nH]1. The summed E-state index contributed by atoms with van der Waals surface area (Å²) >= 11 is 5.89. The maximum atomic E-state index is 13.0. The van der Waals surface area contributed by atoms with Crippen molar-refractivity contribution in [1.29, 1.82) is 0 Å². The number of rotatable bonds is 5. The summed E-state index contributed by atoms with van der Waals surface area (Å²) in [5.74, 6) is -0.608. The van der Waals surface area contributed by atoms with Crippen molar-refractivity contribution in [2.75, 3.05) is 5.32 Å². The number of hydrogen-bond acceptors (Lipinski definition) is 3. The molecule has 0 bridgehead atoms. The molecule has 2 N–H and O–H groups in total. The van der Waals surface area contributed by atoms with E-state index >= 15 is 0 Å². The van der Waals surface area contributed by atoms with Crippen LogP contribution in [-0.2, 0) is 6.54 Å². The summed E-state index contributed by atoms with van der Waals surface area (Å²) in [6, 6.07) is 15.1. The summed E-state index contributed by atoms with van der Waals surface area (Å²) in [7, 11) is 0. The number of nitrogens with zero attached hydrogens (tertiary/aromatic N) is 3. The average molecular weight is 396 g/mol. The number of benzene rings is 2. The molecule has 2 aromatic carbocycles. The monoisotopic (exact) mass is 395 g/mol. The van der Waals surface area contributed by atoms with Crippen LogP contribution in [0.2, 0.25) is 5.02 Å². The maximum absolute atomic E-state index is 13.0. The second-order valence-electron chi connectivity index (χ2n) is 6.18. The number of aromatic amines is 1. The van der Waals surface area contributed by atoms with E-state index in [2.05, 4.69) is 20.6 Å². The van der Waals surface area contributed by atoms with Crippen molar-refractivity contribution in [3.63, 3.8) is 0 Å². The third-order valence-corrected chi connectivity index (χ3v) is 4.36. The molecule has 2 aromatic heterocycles. The van der Waals surface area contributed by atoms with E-state index in [1.54, 1.807) is 47.4 Å². The Labute approximate surface area is 165 Å². The largest absolute Gasteiger partial charge is 0.318 e. The van der Waals surface area contributed by atoms with Gasteiger partial charge in [-0.15, -0.1) is 0 Å². The van der Waals surface area contributed by atoms with Gasteiger partial charge in [-0.05, 0) is 35.9 Å². The Kier molecular flexibility index (Phi) is 4.90. The number of halogens is 2. The Morgan fingerprint density at radius 3 is 2.64 bits per heavy atom. The van der Waals surface area contributed by atoms with Crippen LogP contribution in [-0.4, -0.2) is 25.9 Å². The molecule has 0 fully saturated rings. The minimum Gasteiger partial charge on any atom is -0.318 e. The lowest BCUT2D eigenvalue weighted by atomic mass is 10.1. The van der Waals surface area contributed by atoms with E-state index in [9.17, 15) is 9.18 Å². The Hall–Kier alpha value is -3.45. The van der Waals surface area contributed by atoms with Crippen LogP contribution in [0.25, 0.3) is 11.3 Å². The number of aromatic nitrogens is 4. The number of anilines is 1. The number of H-pyrrole nitrogens is 1. The highest BCUT2D eigenvalue weighted by atomic mass is 35.5. The molecule has 4 rings (SSSR count). The Bertz CT molecular complexity index is 1100. The summed E-state index contributed by atoms with van der Waals surface area (Å²) < 4.78 is 14.6. The smallest absolute Gasteiger partial charge is 0.273 e. The van der Waals surface area contributed by atoms with Crippen molar-refractivity contribution < 1.29 is 9.18 Å². The zero-order valence-corrected chi connectivity index (χ0v) is 15.3. The van der Waals surface area contributed by atoms with Crippen LogP contribution in [0.5, 0.6) is 0 Å². The van der Waals surface area contributed by atoms with Gasteiger partial charge < -0.3 is 5.32 Å². The number of carbonyl (C=O) groups excluding carboxylic acids is 1. The maximum Gasteiger partial charge on any atom is 0.273 e. The van der Waals surface area contributed by atoms with Gasteiger partial charge in [0.25, 0.3) is 5.91 Å². The second-order valence-corrected chi connectivity index (χ2v) is 6.62. The Morgan fingerprint density at radius 1 is 1.14 bits per heavy atom. The molecule has 0 aliphatic carbocycles. The van der Waals surface area contributed by atoms with Gasteiger partial charge in [0.1, 0.15) is 11.5 Å². The molecule has 0 aliphatic heterocycles. The minimum absolute atomic E-state index is 0.283. The molecule has 6 nitrogen and oxygen atoms in total. The molecule has 1 amide bonds. The first-order valence-electron chi connectivity index (χ1n) is 8.46. The Morgan fingerprint density at radius 2 is 1.89 bits per heavy atom. The van der Waals surface area contributed by atoms with Gasteiger partial charge in [-0.3, -0.25) is 14.6 Å². The lowest BCUT2D eigenvalue weighted by Gasteiger charge is -2.02. The fraction of sp³-hybridized carbons (Fsp3) is 0.0500. The molecule has 0 radical (unpaired) electrons. The zero-order valence-electron chi connectivity index (χ0n) is 14.6. The van der Waals surface area contributed by atoms with Crippen LogP contribution in [0.15, 0.2) is 67.0 Å². The zero-order chi connectivity index (χ0) is 19.5. The van der Waals surface area contributed by atoms with E-state index in [0.29, 0.717) is 28.6 Å². The number of nitrogens with one attached hydrogen (secondary N) is 2. The van der Waals surface area contributed by atoms with Gasteiger partial charge in [0.15, 0.2) is 0 Å². The topological polar surface area (TPSA) is 75.6 Å². The van der Waals surface area contributed by atoms with E-state index in [0.717, 1.165) is 11.1 Å². The highest BCUT2D eigenvalue weighted by molar-refractivity contribution is 6.30. The van der Waals surface area contributed by atoms with E-state index in [-0.39, 0.29) is 11.7 Å². The lowest BCUT2D eigenvalue weighted by Crippen LogP contribution is -2.11. The first-order valence-corrected chi connectivity index (χ1v) is 8.84. The predicted octanol–water partition coefficient (Wildman–Crippen LogP) is 4.37. The highest BCUT2D eigenvalue weighted by Gasteiger charge is 2.12. The van der Waals surface area contributed by atoms with Crippen molar-refractivity contribution >= 4 is 23.2 Å². The van der Waals surface area contributed by atoms with Crippen LogP contribution in [0.4, 0.5) is 10.1 Å². The average Bonchev–Trinajstić information content (AvgIpc) is 3.34. The highest BCUT2D eigenvalue weighted by Crippen LogP contribution is 2.20. The third-order valence-electron chi connectivity index (χ3n) is 4.11. The fourth-order valence-corrected chi connectivity index (χ4v) is 2.82. The van der Waals surface area contributed by atoms with E-state index in [4.69, 9.17) is 11.6 Å². The standard InChI is InChI=1S/C20H15ClFN5O/c21-15-5-3-14(4-6-15)18-9-19(26-25-18)20(28)24-17-10-23-27(12-17)11-13-1-7-16(22)8-2-13/h1-10,12H,11H2,(H,24,28)(H,25,26). The van der Waals surface area contributed by atoms with Crippen molar-refractivity contribution in [3.05, 3.63) is 89.1 Å². The van der Waals surface area contributed by atoms with Crippen LogP contribution in [0.3, 0.4) is 0 Å². The summed E-state index contributed by atoms with van der Waals surface area (Å²) in [6.07, 6.45) is 3.26. The molecule has 0 spiro atoms. The van der Waals surface area contributed by atoms with Crippen LogP contribution < -0.4 is 5.32 Å². The first kappa shape index (κ1) is 17.9. The fourth-order valence-electron chi connectivity index (χ4n) is 2.70. The number of amides is 1. The number of hydrogen-bond donors (Lipinski definition) is 2. The van der Waals surface area contributed by atoms with Gasteiger partial charge in [-0.2, -0.15) is 10.2 Å². The van der Waals surface area contributed by atoms with Crippen molar-refractivity contribution in [3.8, 4) is 11.3 Å². The van der Waals surface area contributed by atoms with E-state index < -0.39 is 0 Å². The minimum atomic E-state index is -0.325. The molecule has 0 saturated heterocycles. The molecular weight excluding hydrogens is 381 g/mol. The summed E-state index contributed by atoms with van der Waals surface area (Å²) in [4.78, 5) is 12.4. The molecule has 0 saturated carbocycles. The van der Waals surface area contributed by atoms with Crippen molar-refractivity contribution in [2.24, 2.45) is 0 Å². The van der Waals surface area contributed by atoms with Gasteiger partial charge in [0.05, 0.1) is 24.1 Å². The van der Waals surface area contributed by atoms with Gasteiger partial charge in [-0.25, -0.2) is 4.39 Å². The molecule has 2 heterocycles. The number of carbonyl (C=O) groups is 1. The van der Waals surface area contributed by atoms with Gasteiger partial charge >= 0.3 is 0 Å². The van der Waals surface area contributed by atoms with E-state index in [1.165, 1.54) is 12.1 Å². The summed E-state index contributed by atoms with van der Waals surface area (Å²) in [6.45, 7) is 0.473. The van der Waals surface area contributed by atoms with Gasteiger partial charge in [-0.1, -0.05) is 35.9 Å². The molecule has 8 heteroatoms. The van der Waals surface area contributed by atoms with Gasteiger partial charge in [0, 0.05) is 16.8 Å². The van der Waals surface area contributed by atoms with Crippen LogP contribution >= 0.6 is 11.6 Å². The summed E-state index contributed by atoms with van der Waals surface area (Å²) in [5.41, 5.74) is 3.29. The predicted molar refractivity (Wildman–Crippen MR) is 105 cm³/mol. The molecule has 0 aliphatic rings. The van der Waals surface area contributed by atoms with Crippen molar-refractivity contribution in [1.82, 2.24) is 20.0 Å². The van der Waals surface area contributed by atoms with Crippen LogP contribution in [0.1, 0.15) is 16.1 Å². The molecule has 140 valence electrons. The first-order chi connectivity index (χ1) is 13.6. The normalized spacial score (nSPS) is 10.8. The van der Waals surface area contributed by atoms with E-state index in [1.807, 2.05) is 12.1 Å². The van der Waals surface area contributed by atoms with Crippen LogP contribution in [0, 0.1) is 5.82 Å². The molecular formula is C20H15ClFN5O. The van der Waals surface area contributed by atoms with Crippen molar-refractivity contribution in [2.45, 2.75) is 6.54 Å². The molecule has 0 atom stereocenters. The molecule has 0 unspecified atom stereocenters. The van der Waals surface area contributed by atoms with Gasteiger partial charge in [0.2, 0.25) is 0 Å². The summed E-state index contributed by atoms with van der Waals surface area (Å²) in [5, 5.41) is 14.5. The molecule has 28 heavy (non-hydrogen) atoms. The lowest BCUT2D eigenvalue weighted by molar-refractivity contribution is 0.102. The third kappa shape index (κ3) is 4.10. The Balaban J connectivity index is 1.42. The molecule has 4 aromatic rings.